The number of carbonyl (C=O) groups is 3. The molecule has 0 bridgehead atoms. The Kier molecular flexibility index (Phi) is 4.95. The number of benzene rings is 1. The maximum atomic E-state index is 12.3. The third-order valence-electron chi connectivity index (χ3n) is 3.51. The van der Waals surface area contributed by atoms with Crippen LogP contribution in [0.25, 0.3) is 0 Å². The molecule has 1 aliphatic heterocycles. The van der Waals surface area contributed by atoms with Crippen LogP contribution in [0.15, 0.2) is 18.2 Å². The van der Waals surface area contributed by atoms with Crippen LogP contribution < -0.4 is 0 Å². The quantitative estimate of drug-likeness (QED) is 0.497. The number of fused-ring (bicyclic) bond motifs is 1. The van der Waals surface area contributed by atoms with Gasteiger partial charge in [0, 0.05) is 18.5 Å². The highest BCUT2D eigenvalue weighted by atomic mass is 16.4. The molecule has 0 aliphatic carbocycles. The van der Waals surface area contributed by atoms with Crippen molar-refractivity contribution in [1.82, 2.24) is 4.90 Å². The lowest BCUT2D eigenvalue weighted by Crippen LogP contribution is -2.30. The van der Waals surface area contributed by atoms with E-state index in [9.17, 15) is 14.4 Å². The number of unbranched alkanes of at least 4 members (excludes halogenated alkanes) is 2. The van der Waals surface area contributed by atoms with Crippen molar-refractivity contribution in [1.29, 1.82) is 0 Å². The molecule has 1 aromatic rings. The first kappa shape index (κ1) is 15.8. The van der Waals surface area contributed by atoms with E-state index in [0.717, 1.165) is 0 Å². The second-order valence-electron chi connectivity index (χ2n) is 5.10. The van der Waals surface area contributed by atoms with Crippen molar-refractivity contribution in [3.63, 3.8) is 0 Å². The van der Waals surface area contributed by atoms with Gasteiger partial charge in [0.05, 0.1) is 11.1 Å². The monoisotopic (exact) mass is 299 g/mol. The van der Waals surface area contributed by atoms with Crippen molar-refractivity contribution in [2.45, 2.75) is 32.6 Å². The Labute approximate surface area is 128 Å². The van der Waals surface area contributed by atoms with Crippen LogP contribution in [-0.4, -0.2) is 34.3 Å². The maximum absolute atomic E-state index is 12.3. The normalized spacial score (nSPS) is 12.9. The summed E-state index contributed by atoms with van der Waals surface area (Å²) in [6.45, 7) is 2.03. The van der Waals surface area contributed by atoms with Gasteiger partial charge < -0.3 is 5.11 Å². The molecule has 1 aromatic carbocycles. The van der Waals surface area contributed by atoms with Crippen LogP contribution in [0.4, 0.5) is 0 Å². The Bertz CT molecular complexity index is 682. The molecule has 0 aromatic heterocycles. The molecule has 0 atom stereocenters. The first-order chi connectivity index (χ1) is 10.5. The minimum Gasteiger partial charge on any atom is -0.481 e. The average molecular weight is 299 g/mol. The number of hydrogen-bond acceptors (Lipinski definition) is 3. The van der Waals surface area contributed by atoms with Crippen molar-refractivity contribution in [2.24, 2.45) is 0 Å². The van der Waals surface area contributed by atoms with E-state index in [2.05, 4.69) is 11.8 Å². The molecule has 1 heterocycles. The SMILES string of the molecule is CC#Cc1ccc2c(c1)C(=O)N(CCCCCC(=O)O)C2=O. The molecule has 114 valence electrons. The van der Waals surface area contributed by atoms with Crippen LogP contribution >= 0.6 is 0 Å². The van der Waals surface area contributed by atoms with Crippen molar-refractivity contribution >= 4 is 17.8 Å². The van der Waals surface area contributed by atoms with Crippen LogP contribution in [0.2, 0.25) is 0 Å². The van der Waals surface area contributed by atoms with E-state index in [-0.39, 0.29) is 18.2 Å². The largest absolute Gasteiger partial charge is 0.481 e. The molecule has 0 radical (unpaired) electrons. The first-order valence-electron chi connectivity index (χ1n) is 7.19. The lowest BCUT2D eigenvalue weighted by molar-refractivity contribution is -0.137. The third-order valence-corrected chi connectivity index (χ3v) is 3.51. The molecule has 1 N–H and O–H groups in total. The Balaban J connectivity index is 2.00. The molecular formula is C17H17NO4. The lowest BCUT2D eigenvalue weighted by atomic mass is 10.1. The smallest absolute Gasteiger partial charge is 0.303 e. The van der Waals surface area contributed by atoms with E-state index in [4.69, 9.17) is 5.11 Å². The minimum atomic E-state index is -0.828. The molecule has 2 rings (SSSR count). The van der Waals surface area contributed by atoms with E-state index in [0.29, 0.717) is 42.5 Å². The van der Waals surface area contributed by atoms with E-state index >= 15 is 0 Å². The number of carboxylic acid groups (broad SMARTS) is 1. The summed E-state index contributed by atoms with van der Waals surface area (Å²) in [5.74, 6) is 4.23. The number of carboxylic acids is 1. The van der Waals surface area contributed by atoms with Gasteiger partial charge in [-0.05, 0) is 38.0 Å². The van der Waals surface area contributed by atoms with Crippen molar-refractivity contribution in [3.05, 3.63) is 34.9 Å². The number of aliphatic carboxylic acids is 1. The van der Waals surface area contributed by atoms with Gasteiger partial charge in [-0.3, -0.25) is 19.3 Å². The summed E-state index contributed by atoms with van der Waals surface area (Å²) in [5, 5.41) is 8.57. The summed E-state index contributed by atoms with van der Waals surface area (Å²) < 4.78 is 0. The molecular weight excluding hydrogens is 282 g/mol. The molecule has 2 amide bonds. The van der Waals surface area contributed by atoms with Gasteiger partial charge in [-0.2, -0.15) is 0 Å². The van der Waals surface area contributed by atoms with Gasteiger partial charge in [0.2, 0.25) is 0 Å². The highest BCUT2D eigenvalue weighted by molar-refractivity contribution is 6.21. The molecule has 22 heavy (non-hydrogen) atoms. The second-order valence-corrected chi connectivity index (χ2v) is 5.10. The second kappa shape index (κ2) is 6.90. The number of nitrogens with zero attached hydrogens (tertiary/aromatic N) is 1. The fraction of sp³-hybridized carbons (Fsp3) is 0.353. The van der Waals surface area contributed by atoms with E-state index in [1.54, 1.807) is 25.1 Å². The highest BCUT2D eigenvalue weighted by Crippen LogP contribution is 2.24. The van der Waals surface area contributed by atoms with Crippen molar-refractivity contribution in [2.75, 3.05) is 6.54 Å². The number of amides is 2. The van der Waals surface area contributed by atoms with Crippen LogP contribution in [0.1, 0.15) is 58.9 Å². The van der Waals surface area contributed by atoms with Gasteiger partial charge in [0.25, 0.3) is 11.8 Å². The summed E-state index contributed by atoms with van der Waals surface area (Å²) in [7, 11) is 0. The topological polar surface area (TPSA) is 74.7 Å². The van der Waals surface area contributed by atoms with E-state index in [1.807, 2.05) is 0 Å². The maximum Gasteiger partial charge on any atom is 0.303 e. The Hall–Kier alpha value is -2.61. The zero-order valence-corrected chi connectivity index (χ0v) is 12.4. The summed E-state index contributed by atoms with van der Waals surface area (Å²) in [6, 6.07) is 5.02. The average Bonchev–Trinajstić information content (AvgIpc) is 2.71. The summed E-state index contributed by atoms with van der Waals surface area (Å²) in [5.41, 5.74) is 1.53. The Morgan fingerprint density at radius 3 is 2.55 bits per heavy atom. The standard InChI is InChI=1S/C17H17NO4/c1-2-6-12-8-9-13-14(11-12)17(22)18(16(13)21)10-5-3-4-7-15(19)20/h8-9,11H,3-5,7,10H2,1H3,(H,19,20). The molecule has 0 spiro atoms. The zero-order chi connectivity index (χ0) is 16.1. The molecule has 5 nitrogen and oxygen atoms in total. The number of rotatable bonds is 6. The predicted molar refractivity (Wildman–Crippen MR) is 80.5 cm³/mol. The molecule has 0 fully saturated rings. The number of hydrogen-bond donors (Lipinski definition) is 1. The van der Waals surface area contributed by atoms with Gasteiger partial charge in [-0.25, -0.2) is 0 Å². The van der Waals surface area contributed by atoms with Crippen LogP contribution in [-0.2, 0) is 4.79 Å². The molecule has 0 unspecified atom stereocenters. The number of imide groups is 1. The van der Waals surface area contributed by atoms with E-state index in [1.165, 1.54) is 4.90 Å². The fourth-order valence-electron chi connectivity index (χ4n) is 2.44. The Morgan fingerprint density at radius 2 is 1.86 bits per heavy atom. The number of carbonyl (C=O) groups excluding carboxylic acids is 2. The zero-order valence-electron chi connectivity index (χ0n) is 12.4. The minimum absolute atomic E-state index is 0.112. The van der Waals surface area contributed by atoms with Crippen LogP contribution in [0, 0.1) is 11.8 Å². The van der Waals surface area contributed by atoms with Gasteiger partial charge in [0.15, 0.2) is 0 Å². The molecule has 1 aliphatic rings. The molecule has 5 heteroatoms. The van der Waals surface area contributed by atoms with Crippen molar-refractivity contribution in [3.8, 4) is 11.8 Å². The van der Waals surface area contributed by atoms with Crippen LogP contribution in [0.3, 0.4) is 0 Å². The van der Waals surface area contributed by atoms with Gasteiger partial charge in [0.1, 0.15) is 0 Å². The highest BCUT2D eigenvalue weighted by Gasteiger charge is 2.34. The summed E-state index contributed by atoms with van der Waals surface area (Å²) in [4.78, 5) is 36.2. The summed E-state index contributed by atoms with van der Waals surface area (Å²) in [6.07, 6.45) is 1.95. The van der Waals surface area contributed by atoms with Gasteiger partial charge in [-0.1, -0.05) is 12.3 Å². The van der Waals surface area contributed by atoms with Crippen LogP contribution in [0.5, 0.6) is 0 Å². The van der Waals surface area contributed by atoms with Crippen molar-refractivity contribution < 1.29 is 19.5 Å². The summed E-state index contributed by atoms with van der Waals surface area (Å²) >= 11 is 0. The van der Waals surface area contributed by atoms with Gasteiger partial charge >= 0.3 is 5.97 Å². The van der Waals surface area contributed by atoms with E-state index < -0.39 is 5.97 Å². The lowest BCUT2D eigenvalue weighted by Gasteiger charge is -2.13. The molecule has 0 saturated carbocycles. The van der Waals surface area contributed by atoms with Gasteiger partial charge in [-0.15, -0.1) is 5.92 Å². The predicted octanol–water partition coefficient (Wildman–Crippen LogP) is 2.30. The third kappa shape index (κ3) is 3.34. The Morgan fingerprint density at radius 1 is 1.14 bits per heavy atom. The first-order valence-corrected chi connectivity index (χ1v) is 7.19. The fourth-order valence-corrected chi connectivity index (χ4v) is 2.44. The molecule has 0 saturated heterocycles.